The molecule has 3 aromatic rings. The predicted molar refractivity (Wildman–Crippen MR) is 116 cm³/mol. The van der Waals surface area contributed by atoms with Crippen LogP contribution in [0.15, 0.2) is 54.7 Å². The monoisotopic (exact) mass is 375 g/mol. The molecule has 1 aliphatic rings. The molecule has 4 rings (SSSR count). The molecule has 2 N–H and O–H groups in total. The van der Waals surface area contributed by atoms with Gasteiger partial charge in [0.25, 0.3) is 0 Å². The standard InChI is InChI=1S/C24H29N3O/c1-17(25)16-27-14-11-22(12-15-27)28-21-8-5-19(6-9-21)23-10-7-20-4-3-13-26-24(20)18(23)2/h3-10,13,17,22H,11-12,14-16,25H2,1-2H3. The first-order chi connectivity index (χ1) is 13.6. The number of benzene rings is 2. The number of hydrogen-bond donors (Lipinski definition) is 1. The van der Waals surface area contributed by atoms with Crippen molar-refractivity contribution in [2.75, 3.05) is 19.6 Å². The average Bonchev–Trinajstić information content (AvgIpc) is 2.70. The van der Waals surface area contributed by atoms with Gasteiger partial charge < -0.3 is 15.4 Å². The van der Waals surface area contributed by atoms with Crippen LogP contribution in [0.4, 0.5) is 0 Å². The molecule has 28 heavy (non-hydrogen) atoms. The Hall–Kier alpha value is -2.43. The summed E-state index contributed by atoms with van der Waals surface area (Å²) in [4.78, 5) is 6.98. The zero-order valence-corrected chi connectivity index (χ0v) is 16.8. The van der Waals surface area contributed by atoms with Gasteiger partial charge in [0.05, 0.1) is 5.52 Å². The van der Waals surface area contributed by atoms with Crippen molar-refractivity contribution in [3.05, 3.63) is 60.3 Å². The van der Waals surface area contributed by atoms with Crippen molar-refractivity contribution in [3.8, 4) is 16.9 Å². The van der Waals surface area contributed by atoms with E-state index in [1.54, 1.807) is 0 Å². The minimum Gasteiger partial charge on any atom is -0.490 e. The number of nitrogens with two attached hydrogens (primary N) is 1. The first-order valence-electron chi connectivity index (χ1n) is 10.2. The number of ether oxygens (including phenoxy) is 1. The van der Waals surface area contributed by atoms with Crippen molar-refractivity contribution in [1.82, 2.24) is 9.88 Å². The molecule has 0 aliphatic carbocycles. The highest BCUT2D eigenvalue weighted by molar-refractivity contribution is 5.88. The Balaban J connectivity index is 1.43. The molecule has 1 fully saturated rings. The van der Waals surface area contributed by atoms with Crippen LogP contribution in [0.3, 0.4) is 0 Å². The van der Waals surface area contributed by atoms with E-state index in [4.69, 9.17) is 10.5 Å². The summed E-state index contributed by atoms with van der Waals surface area (Å²) in [7, 11) is 0. The van der Waals surface area contributed by atoms with Gasteiger partial charge in [0.1, 0.15) is 11.9 Å². The van der Waals surface area contributed by atoms with E-state index in [1.807, 2.05) is 12.3 Å². The van der Waals surface area contributed by atoms with E-state index in [1.165, 1.54) is 22.1 Å². The van der Waals surface area contributed by atoms with Crippen LogP contribution in [0, 0.1) is 6.92 Å². The van der Waals surface area contributed by atoms with Gasteiger partial charge in [-0.3, -0.25) is 4.98 Å². The summed E-state index contributed by atoms with van der Waals surface area (Å²) in [6.07, 6.45) is 4.27. The predicted octanol–water partition coefficient (Wildman–Crippen LogP) is 4.40. The van der Waals surface area contributed by atoms with Gasteiger partial charge in [-0.2, -0.15) is 0 Å². The molecule has 0 bridgehead atoms. The smallest absolute Gasteiger partial charge is 0.119 e. The quantitative estimate of drug-likeness (QED) is 0.718. The zero-order valence-electron chi connectivity index (χ0n) is 16.8. The molecule has 2 heterocycles. The molecule has 1 aliphatic heterocycles. The molecule has 4 nitrogen and oxygen atoms in total. The minimum atomic E-state index is 0.235. The van der Waals surface area contributed by atoms with Crippen LogP contribution < -0.4 is 10.5 Å². The third kappa shape index (κ3) is 4.18. The van der Waals surface area contributed by atoms with E-state index in [-0.39, 0.29) is 6.04 Å². The first kappa shape index (κ1) is 18.9. The summed E-state index contributed by atoms with van der Waals surface area (Å²) < 4.78 is 6.23. The van der Waals surface area contributed by atoms with Gasteiger partial charge in [0, 0.05) is 37.3 Å². The van der Waals surface area contributed by atoms with Gasteiger partial charge in [-0.15, -0.1) is 0 Å². The Morgan fingerprint density at radius 1 is 1.11 bits per heavy atom. The molecule has 0 amide bonds. The highest BCUT2D eigenvalue weighted by Gasteiger charge is 2.21. The molecule has 1 atom stereocenters. The van der Waals surface area contributed by atoms with Crippen molar-refractivity contribution in [3.63, 3.8) is 0 Å². The van der Waals surface area contributed by atoms with E-state index in [0.717, 1.165) is 43.7 Å². The summed E-state index contributed by atoms with van der Waals surface area (Å²) in [6, 6.07) is 17.1. The van der Waals surface area contributed by atoms with Crippen LogP contribution in [-0.4, -0.2) is 41.7 Å². The largest absolute Gasteiger partial charge is 0.490 e. The number of hydrogen-bond acceptors (Lipinski definition) is 4. The van der Waals surface area contributed by atoms with Crippen LogP contribution in [0.1, 0.15) is 25.3 Å². The van der Waals surface area contributed by atoms with Gasteiger partial charge in [-0.25, -0.2) is 0 Å². The van der Waals surface area contributed by atoms with Crippen LogP contribution >= 0.6 is 0 Å². The van der Waals surface area contributed by atoms with Gasteiger partial charge in [0.15, 0.2) is 0 Å². The Kier molecular flexibility index (Phi) is 5.60. The fourth-order valence-electron chi connectivity index (χ4n) is 4.13. The molecule has 1 aromatic heterocycles. The molecular formula is C24H29N3O. The average molecular weight is 376 g/mol. The molecule has 4 heteroatoms. The van der Waals surface area contributed by atoms with Crippen molar-refractivity contribution < 1.29 is 4.74 Å². The third-order valence-corrected chi connectivity index (χ3v) is 5.58. The van der Waals surface area contributed by atoms with E-state index in [0.29, 0.717) is 6.10 Å². The Morgan fingerprint density at radius 3 is 2.57 bits per heavy atom. The maximum atomic E-state index is 6.23. The second kappa shape index (κ2) is 8.29. The second-order valence-electron chi connectivity index (χ2n) is 7.93. The van der Waals surface area contributed by atoms with Crippen molar-refractivity contribution >= 4 is 10.9 Å². The molecule has 1 unspecified atom stereocenters. The lowest BCUT2D eigenvalue weighted by molar-refractivity contribution is 0.0981. The Bertz CT molecular complexity index is 928. The number of fused-ring (bicyclic) bond motifs is 1. The molecule has 1 saturated heterocycles. The zero-order chi connectivity index (χ0) is 19.5. The maximum absolute atomic E-state index is 6.23. The SMILES string of the molecule is Cc1c(-c2ccc(OC3CCN(CC(C)N)CC3)cc2)ccc2cccnc12. The number of piperidine rings is 1. The maximum Gasteiger partial charge on any atom is 0.119 e. The normalized spacial score (nSPS) is 17.0. The van der Waals surface area contributed by atoms with E-state index < -0.39 is 0 Å². The van der Waals surface area contributed by atoms with Gasteiger partial charge in [-0.1, -0.05) is 30.3 Å². The van der Waals surface area contributed by atoms with E-state index in [9.17, 15) is 0 Å². The summed E-state index contributed by atoms with van der Waals surface area (Å²) in [6.45, 7) is 7.31. The first-order valence-corrected chi connectivity index (χ1v) is 10.2. The lowest BCUT2D eigenvalue weighted by Gasteiger charge is -2.33. The van der Waals surface area contributed by atoms with Crippen LogP contribution in [0.2, 0.25) is 0 Å². The molecule has 0 saturated carbocycles. The lowest BCUT2D eigenvalue weighted by atomic mass is 9.98. The number of aryl methyl sites for hydroxylation is 1. The number of likely N-dealkylation sites (tertiary alicyclic amines) is 1. The Morgan fingerprint density at radius 2 is 1.86 bits per heavy atom. The fourth-order valence-corrected chi connectivity index (χ4v) is 4.13. The van der Waals surface area contributed by atoms with Gasteiger partial charge >= 0.3 is 0 Å². The second-order valence-corrected chi connectivity index (χ2v) is 7.93. The minimum absolute atomic E-state index is 0.235. The van der Waals surface area contributed by atoms with E-state index >= 15 is 0 Å². The van der Waals surface area contributed by atoms with Gasteiger partial charge in [-0.05, 0) is 61.6 Å². The summed E-state index contributed by atoms with van der Waals surface area (Å²) in [5, 5.41) is 1.18. The van der Waals surface area contributed by atoms with Crippen LogP contribution in [0.25, 0.3) is 22.0 Å². The number of aromatic nitrogens is 1. The van der Waals surface area contributed by atoms with E-state index in [2.05, 4.69) is 66.2 Å². The number of rotatable bonds is 5. The summed E-state index contributed by atoms with van der Waals surface area (Å²) in [5.74, 6) is 0.950. The van der Waals surface area contributed by atoms with Crippen LogP contribution in [-0.2, 0) is 0 Å². The lowest BCUT2D eigenvalue weighted by Crippen LogP contribution is -2.43. The number of nitrogens with zero attached hydrogens (tertiary/aromatic N) is 2. The fraction of sp³-hybridized carbons (Fsp3) is 0.375. The summed E-state index contributed by atoms with van der Waals surface area (Å²) in [5.41, 5.74) is 10.6. The molecule has 0 spiro atoms. The van der Waals surface area contributed by atoms with Gasteiger partial charge in [0.2, 0.25) is 0 Å². The Labute approximate surface area is 167 Å². The topological polar surface area (TPSA) is 51.4 Å². The molecule has 146 valence electrons. The molecule has 0 radical (unpaired) electrons. The van der Waals surface area contributed by atoms with Crippen molar-refractivity contribution in [1.29, 1.82) is 0 Å². The van der Waals surface area contributed by atoms with Crippen LogP contribution in [0.5, 0.6) is 5.75 Å². The third-order valence-electron chi connectivity index (χ3n) is 5.58. The molecule has 2 aromatic carbocycles. The van der Waals surface area contributed by atoms with Crippen molar-refractivity contribution in [2.24, 2.45) is 5.73 Å². The highest BCUT2D eigenvalue weighted by atomic mass is 16.5. The number of pyridine rings is 1. The summed E-state index contributed by atoms with van der Waals surface area (Å²) >= 11 is 0. The van der Waals surface area contributed by atoms with Crippen molar-refractivity contribution in [2.45, 2.75) is 38.8 Å². The highest BCUT2D eigenvalue weighted by Crippen LogP contribution is 2.30. The molecular weight excluding hydrogens is 346 g/mol.